The van der Waals surface area contributed by atoms with Crippen LogP contribution in [0, 0.1) is 0 Å². The van der Waals surface area contributed by atoms with Crippen molar-refractivity contribution < 1.29 is 19.1 Å². The number of ether oxygens (including phenoxy) is 2. The summed E-state index contributed by atoms with van der Waals surface area (Å²) in [5.74, 6) is 1.30. The molecule has 2 amide bonds. The van der Waals surface area contributed by atoms with Gasteiger partial charge in [0.15, 0.2) is 0 Å². The first kappa shape index (κ1) is 24.0. The number of methoxy groups -OCH3 is 2. The zero-order valence-corrected chi connectivity index (χ0v) is 19.8. The van der Waals surface area contributed by atoms with Crippen LogP contribution >= 0.6 is 11.8 Å². The lowest BCUT2D eigenvalue weighted by atomic mass is 10.1. The molecule has 1 aliphatic heterocycles. The van der Waals surface area contributed by atoms with Gasteiger partial charge in [-0.25, -0.2) is 0 Å². The van der Waals surface area contributed by atoms with Crippen molar-refractivity contribution in [2.45, 2.75) is 44.0 Å². The van der Waals surface area contributed by atoms with Gasteiger partial charge in [0.1, 0.15) is 22.9 Å². The number of nitrogens with zero attached hydrogens (tertiary/aromatic N) is 1. The zero-order chi connectivity index (χ0) is 22.9. The van der Waals surface area contributed by atoms with Gasteiger partial charge in [0.25, 0.3) is 5.91 Å². The summed E-state index contributed by atoms with van der Waals surface area (Å²) in [4.78, 5) is 28.5. The van der Waals surface area contributed by atoms with Gasteiger partial charge in [-0.3, -0.25) is 9.59 Å². The van der Waals surface area contributed by atoms with E-state index in [4.69, 9.17) is 9.47 Å². The number of carbonyl (C=O) groups is 2. The van der Waals surface area contributed by atoms with Gasteiger partial charge in [0.2, 0.25) is 5.91 Å². The SMILES string of the molecule is CCCCCCNC(=O)C1CSC(c2ccccc2)N1C(=O)c1cc(OC)cc(OC)c1. The molecular formula is C25H32N2O4S. The highest BCUT2D eigenvalue weighted by molar-refractivity contribution is 7.99. The van der Waals surface area contributed by atoms with Gasteiger partial charge in [-0.15, -0.1) is 11.8 Å². The fraction of sp³-hybridized carbons (Fsp3) is 0.440. The Morgan fingerprint density at radius 1 is 1.03 bits per heavy atom. The van der Waals surface area contributed by atoms with Crippen molar-refractivity contribution in [3.8, 4) is 11.5 Å². The molecule has 1 saturated heterocycles. The van der Waals surface area contributed by atoms with Crippen LogP contribution in [-0.2, 0) is 4.79 Å². The van der Waals surface area contributed by atoms with Crippen LogP contribution in [-0.4, -0.2) is 49.3 Å². The van der Waals surface area contributed by atoms with E-state index in [2.05, 4.69) is 12.2 Å². The molecule has 0 radical (unpaired) electrons. The highest BCUT2D eigenvalue weighted by Gasteiger charge is 2.42. The fourth-order valence-corrected chi connectivity index (χ4v) is 5.22. The Kier molecular flexibility index (Phi) is 8.85. The third kappa shape index (κ3) is 5.76. The van der Waals surface area contributed by atoms with Crippen LogP contribution in [0.25, 0.3) is 0 Å². The average molecular weight is 457 g/mol. The summed E-state index contributed by atoms with van der Waals surface area (Å²) < 4.78 is 10.7. The Hall–Kier alpha value is -2.67. The van der Waals surface area contributed by atoms with Crippen molar-refractivity contribution in [2.24, 2.45) is 0 Å². The predicted octanol–water partition coefficient (Wildman–Crippen LogP) is 4.66. The maximum absolute atomic E-state index is 13.7. The summed E-state index contributed by atoms with van der Waals surface area (Å²) in [5.41, 5.74) is 1.43. The van der Waals surface area contributed by atoms with Crippen molar-refractivity contribution in [1.29, 1.82) is 0 Å². The van der Waals surface area contributed by atoms with Crippen molar-refractivity contribution in [1.82, 2.24) is 10.2 Å². The number of carbonyl (C=O) groups excluding carboxylic acids is 2. The van der Waals surface area contributed by atoms with Crippen LogP contribution in [0.5, 0.6) is 11.5 Å². The lowest BCUT2D eigenvalue weighted by Crippen LogP contribution is -2.48. The van der Waals surface area contributed by atoms with E-state index in [1.165, 1.54) is 0 Å². The molecule has 2 atom stereocenters. The smallest absolute Gasteiger partial charge is 0.256 e. The van der Waals surface area contributed by atoms with Gasteiger partial charge in [0, 0.05) is 23.9 Å². The highest BCUT2D eigenvalue weighted by Crippen LogP contribution is 2.42. The standard InChI is InChI=1S/C25H32N2O4S/c1-4-5-6-10-13-26-23(28)22-17-32-25(18-11-8-7-9-12-18)27(22)24(29)19-14-20(30-2)16-21(15-19)31-3/h7-9,11-12,14-16,22,25H,4-6,10,13,17H2,1-3H3,(H,26,28). The number of rotatable bonds is 10. The Labute approximate surface area is 194 Å². The number of hydrogen-bond donors (Lipinski definition) is 1. The number of unbranched alkanes of at least 4 members (excludes halogenated alkanes) is 3. The molecule has 0 bridgehead atoms. The van der Waals surface area contributed by atoms with E-state index in [0.29, 0.717) is 29.4 Å². The van der Waals surface area contributed by atoms with Crippen molar-refractivity contribution in [3.05, 3.63) is 59.7 Å². The monoisotopic (exact) mass is 456 g/mol. The average Bonchev–Trinajstić information content (AvgIpc) is 3.28. The lowest BCUT2D eigenvalue weighted by molar-refractivity contribution is -0.124. The minimum atomic E-state index is -0.541. The number of thioether (sulfide) groups is 1. The first-order valence-corrected chi connectivity index (χ1v) is 12.1. The second kappa shape index (κ2) is 11.8. The minimum Gasteiger partial charge on any atom is -0.497 e. The molecule has 32 heavy (non-hydrogen) atoms. The van der Waals surface area contributed by atoms with E-state index in [0.717, 1.165) is 31.2 Å². The summed E-state index contributed by atoms with van der Waals surface area (Å²) in [6.07, 6.45) is 4.35. The summed E-state index contributed by atoms with van der Waals surface area (Å²) in [6.45, 7) is 2.79. The maximum Gasteiger partial charge on any atom is 0.256 e. The van der Waals surface area contributed by atoms with Gasteiger partial charge >= 0.3 is 0 Å². The van der Waals surface area contributed by atoms with E-state index in [-0.39, 0.29) is 17.2 Å². The van der Waals surface area contributed by atoms with Crippen LogP contribution in [0.1, 0.15) is 53.9 Å². The molecule has 0 aliphatic carbocycles. The van der Waals surface area contributed by atoms with E-state index in [1.54, 1.807) is 49.1 Å². The summed E-state index contributed by atoms with van der Waals surface area (Å²) >= 11 is 1.61. The summed E-state index contributed by atoms with van der Waals surface area (Å²) in [7, 11) is 3.10. The van der Waals surface area contributed by atoms with E-state index < -0.39 is 6.04 Å². The Morgan fingerprint density at radius 2 is 1.72 bits per heavy atom. The molecule has 2 aromatic rings. The molecule has 1 fully saturated rings. The topological polar surface area (TPSA) is 67.9 Å². The van der Waals surface area contributed by atoms with Crippen molar-refractivity contribution in [2.75, 3.05) is 26.5 Å². The van der Waals surface area contributed by atoms with Crippen LogP contribution in [0.15, 0.2) is 48.5 Å². The van der Waals surface area contributed by atoms with Gasteiger partial charge in [-0.2, -0.15) is 0 Å². The third-order valence-electron chi connectivity index (χ3n) is 5.55. The quantitative estimate of drug-likeness (QED) is 0.527. The molecule has 1 heterocycles. The minimum absolute atomic E-state index is 0.101. The van der Waals surface area contributed by atoms with Crippen molar-refractivity contribution >= 4 is 23.6 Å². The van der Waals surface area contributed by atoms with E-state index >= 15 is 0 Å². The van der Waals surface area contributed by atoms with Crippen LogP contribution in [0.4, 0.5) is 0 Å². The molecule has 0 spiro atoms. The second-order valence-corrected chi connectivity index (χ2v) is 8.89. The Morgan fingerprint density at radius 3 is 2.34 bits per heavy atom. The molecule has 1 N–H and O–H groups in total. The molecule has 6 nitrogen and oxygen atoms in total. The van der Waals surface area contributed by atoms with Gasteiger partial charge in [0.05, 0.1) is 14.2 Å². The molecular weight excluding hydrogens is 424 g/mol. The van der Waals surface area contributed by atoms with Gasteiger partial charge in [-0.1, -0.05) is 56.5 Å². The number of hydrogen-bond acceptors (Lipinski definition) is 5. The zero-order valence-electron chi connectivity index (χ0n) is 19.0. The van der Waals surface area contributed by atoms with E-state index in [1.807, 2.05) is 30.3 Å². The predicted molar refractivity (Wildman–Crippen MR) is 128 cm³/mol. The van der Waals surface area contributed by atoms with Crippen molar-refractivity contribution in [3.63, 3.8) is 0 Å². The number of nitrogens with one attached hydrogen (secondary N) is 1. The summed E-state index contributed by atoms with van der Waals surface area (Å²) in [6, 6.07) is 14.4. The first-order valence-electron chi connectivity index (χ1n) is 11.1. The molecule has 0 aromatic heterocycles. The van der Waals surface area contributed by atoms with Crippen LogP contribution < -0.4 is 14.8 Å². The molecule has 2 unspecified atom stereocenters. The fourth-order valence-electron chi connectivity index (χ4n) is 3.79. The van der Waals surface area contributed by atoms with Crippen LogP contribution in [0.2, 0.25) is 0 Å². The van der Waals surface area contributed by atoms with Gasteiger partial charge in [-0.05, 0) is 24.1 Å². The molecule has 3 rings (SSSR count). The maximum atomic E-state index is 13.7. The first-order chi connectivity index (χ1) is 15.6. The molecule has 0 saturated carbocycles. The lowest BCUT2D eigenvalue weighted by Gasteiger charge is -2.29. The normalized spacial score (nSPS) is 17.8. The largest absolute Gasteiger partial charge is 0.497 e. The molecule has 172 valence electrons. The number of benzene rings is 2. The second-order valence-electron chi connectivity index (χ2n) is 7.78. The third-order valence-corrected chi connectivity index (χ3v) is 6.87. The van der Waals surface area contributed by atoms with Crippen LogP contribution in [0.3, 0.4) is 0 Å². The summed E-state index contributed by atoms with van der Waals surface area (Å²) in [5, 5.41) is 2.80. The number of amides is 2. The molecule has 1 aliphatic rings. The Bertz CT molecular complexity index is 884. The van der Waals surface area contributed by atoms with E-state index in [9.17, 15) is 9.59 Å². The van der Waals surface area contributed by atoms with Gasteiger partial charge < -0.3 is 19.7 Å². The molecule has 7 heteroatoms. The highest BCUT2D eigenvalue weighted by atomic mass is 32.2. The molecule has 2 aromatic carbocycles. The Balaban J connectivity index is 1.86.